The maximum atomic E-state index is 12.8. The lowest BCUT2D eigenvalue weighted by atomic mass is 9.62. The summed E-state index contributed by atoms with van der Waals surface area (Å²) in [4.78, 5) is 48.8. The SMILES string of the molecule is C=C(C(=O)OC(=O)c1cccc([N+](=O)[O-])c1C1(C(=O)OCC)CCC1)C(C)(C)C. The summed E-state index contributed by atoms with van der Waals surface area (Å²) in [7, 11) is 0. The highest BCUT2D eigenvalue weighted by Crippen LogP contribution is 2.49. The van der Waals surface area contributed by atoms with Crippen molar-refractivity contribution in [1.82, 2.24) is 0 Å². The van der Waals surface area contributed by atoms with E-state index >= 15 is 0 Å². The fourth-order valence-electron chi connectivity index (χ4n) is 3.23. The van der Waals surface area contributed by atoms with Crippen molar-refractivity contribution in [3.05, 3.63) is 51.6 Å². The topological polar surface area (TPSA) is 113 Å². The van der Waals surface area contributed by atoms with Gasteiger partial charge in [-0.2, -0.15) is 0 Å². The Morgan fingerprint density at radius 2 is 1.86 bits per heavy atom. The van der Waals surface area contributed by atoms with Gasteiger partial charge in [0.1, 0.15) is 5.41 Å². The first-order valence-corrected chi connectivity index (χ1v) is 9.36. The smallest absolute Gasteiger partial charge is 0.346 e. The van der Waals surface area contributed by atoms with Crippen LogP contribution in [-0.4, -0.2) is 29.4 Å². The van der Waals surface area contributed by atoms with Crippen molar-refractivity contribution in [3.8, 4) is 0 Å². The van der Waals surface area contributed by atoms with E-state index in [1.54, 1.807) is 27.7 Å². The Morgan fingerprint density at radius 1 is 1.24 bits per heavy atom. The molecule has 29 heavy (non-hydrogen) atoms. The Bertz CT molecular complexity index is 876. The summed E-state index contributed by atoms with van der Waals surface area (Å²) in [5.41, 5.74) is -2.48. The molecule has 0 heterocycles. The van der Waals surface area contributed by atoms with E-state index in [0.717, 1.165) is 0 Å². The normalized spacial score (nSPS) is 15.0. The van der Waals surface area contributed by atoms with Crippen molar-refractivity contribution in [3.63, 3.8) is 0 Å². The number of nitro groups is 1. The number of carbonyl (C=O) groups excluding carboxylic acids is 3. The van der Waals surface area contributed by atoms with Crippen LogP contribution in [0.25, 0.3) is 0 Å². The maximum absolute atomic E-state index is 12.8. The van der Waals surface area contributed by atoms with Gasteiger partial charge in [0.25, 0.3) is 5.69 Å². The van der Waals surface area contributed by atoms with Gasteiger partial charge in [0.15, 0.2) is 0 Å². The highest BCUT2D eigenvalue weighted by atomic mass is 16.6. The molecular weight excluding hydrogens is 378 g/mol. The zero-order chi connectivity index (χ0) is 22.0. The monoisotopic (exact) mass is 403 g/mol. The third-order valence-electron chi connectivity index (χ3n) is 5.15. The molecule has 0 amide bonds. The molecule has 0 saturated heterocycles. The first-order chi connectivity index (χ1) is 13.5. The predicted octanol–water partition coefficient (Wildman–Crippen LogP) is 3.87. The van der Waals surface area contributed by atoms with E-state index in [2.05, 4.69) is 6.58 Å². The van der Waals surface area contributed by atoms with Gasteiger partial charge in [-0.1, -0.05) is 39.8 Å². The molecule has 1 aromatic carbocycles. The molecule has 0 aromatic heterocycles. The summed E-state index contributed by atoms with van der Waals surface area (Å²) >= 11 is 0. The Hall–Kier alpha value is -3.03. The second-order valence-corrected chi connectivity index (χ2v) is 8.02. The van der Waals surface area contributed by atoms with E-state index in [0.29, 0.717) is 19.3 Å². The van der Waals surface area contributed by atoms with Crippen LogP contribution >= 0.6 is 0 Å². The van der Waals surface area contributed by atoms with Crippen LogP contribution in [0.15, 0.2) is 30.4 Å². The zero-order valence-electron chi connectivity index (χ0n) is 17.1. The van der Waals surface area contributed by atoms with Crippen LogP contribution in [0, 0.1) is 15.5 Å². The lowest BCUT2D eigenvalue weighted by Crippen LogP contribution is -2.45. The molecule has 2 rings (SSSR count). The number of esters is 3. The lowest BCUT2D eigenvalue weighted by molar-refractivity contribution is -0.386. The standard InChI is InChI=1S/C21H25NO7/c1-6-28-19(25)21(11-8-12-21)16-14(9-7-10-15(16)22(26)27)18(24)29-17(23)13(2)20(3,4)5/h7,9-10H,2,6,8,11-12H2,1,3-5H3. The molecule has 0 unspecified atom stereocenters. The highest BCUT2D eigenvalue weighted by Gasteiger charge is 2.52. The van der Waals surface area contributed by atoms with E-state index < -0.39 is 33.7 Å². The van der Waals surface area contributed by atoms with Gasteiger partial charge in [-0.05, 0) is 31.2 Å². The van der Waals surface area contributed by atoms with Crippen molar-refractivity contribution >= 4 is 23.6 Å². The zero-order valence-corrected chi connectivity index (χ0v) is 17.1. The number of nitrogens with zero attached hydrogens (tertiary/aromatic N) is 1. The van der Waals surface area contributed by atoms with Crippen molar-refractivity contribution in [2.75, 3.05) is 6.61 Å². The predicted molar refractivity (Wildman–Crippen MR) is 104 cm³/mol. The molecule has 0 atom stereocenters. The molecule has 0 N–H and O–H groups in total. The van der Waals surface area contributed by atoms with Crippen LogP contribution in [0.5, 0.6) is 0 Å². The third kappa shape index (κ3) is 4.21. The Kier molecular flexibility index (Phi) is 6.25. The number of hydrogen-bond acceptors (Lipinski definition) is 7. The van der Waals surface area contributed by atoms with Gasteiger partial charge in [0.2, 0.25) is 0 Å². The average Bonchev–Trinajstić information content (AvgIpc) is 2.59. The van der Waals surface area contributed by atoms with Gasteiger partial charge >= 0.3 is 17.9 Å². The molecule has 156 valence electrons. The number of nitro benzene ring substituents is 1. The molecular formula is C21H25NO7. The molecule has 1 fully saturated rings. The van der Waals surface area contributed by atoms with Gasteiger partial charge in [-0.25, -0.2) is 9.59 Å². The van der Waals surface area contributed by atoms with Crippen molar-refractivity contribution in [1.29, 1.82) is 0 Å². The van der Waals surface area contributed by atoms with E-state index in [9.17, 15) is 24.5 Å². The number of rotatable bonds is 6. The summed E-state index contributed by atoms with van der Waals surface area (Å²) in [5.74, 6) is -2.60. The molecule has 1 aliphatic carbocycles. The van der Waals surface area contributed by atoms with E-state index in [1.165, 1.54) is 18.2 Å². The fraction of sp³-hybridized carbons (Fsp3) is 0.476. The van der Waals surface area contributed by atoms with Gasteiger partial charge in [-0.15, -0.1) is 0 Å². The van der Waals surface area contributed by atoms with Crippen LogP contribution in [-0.2, 0) is 24.5 Å². The summed E-state index contributed by atoms with van der Waals surface area (Å²) in [5, 5.41) is 11.6. The second kappa shape index (κ2) is 8.14. The van der Waals surface area contributed by atoms with Crippen molar-refractivity contribution in [2.24, 2.45) is 5.41 Å². The molecule has 8 heteroatoms. The maximum Gasteiger partial charge on any atom is 0.346 e. The van der Waals surface area contributed by atoms with E-state index in [-0.39, 0.29) is 29.0 Å². The van der Waals surface area contributed by atoms with Crippen molar-refractivity contribution < 1.29 is 28.8 Å². The molecule has 0 spiro atoms. The van der Waals surface area contributed by atoms with Crippen LogP contribution in [0.3, 0.4) is 0 Å². The molecule has 0 aliphatic heterocycles. The summed E-state index contributed by atoms with van der Waals surface area (Å²) in [6.45, 7) is 10.6. The minimum absolute atomic E-state index is 0.0612. The summed E-state index contributed by atoms with van der Waals surface area (Å²) in [6, 6.07) is 3.86. The Balaban J connectivity index is 2.54. The molecule has 1 saturated carbocycles. The van der Waals surface area contributed by atoms with Crippen LogP contribution in [0.1, 0.15) is 62.9 Å². The Morgan fingerprint density at radius 3 is 2.31 bits per heavy atom. The minimum atomic E-state index is -1.31. The highest BCUT2D eigenvalue weighted by molar-refractivity contribution is 6.05. The molecule has 0 bridgehead atoms. The number of benzene rings is 1. The first-order valence-electron chi connectivity index (χ1n) is 9.36. The van der Waals surface area contributed by atoms with Gasteiger partial charge in [-0.3, -0.25) is 14.9 Å². The molecule has 0 radical (unpaired) electrons. The van der Waals surface area contributed by atoms with Crippen LogP contribution in [0.4, 0.5) is 5.69 Å². The van der Waals surface area contributed by atoms with E-state index in [4.69, 9.17) is 9.47 Å². The quantitative estimate of drug-likeness (QED) is 0.233. The molecule has 1 aromatic rings. The molecule has 1 aliphatic rings. The first kappa shape index (κ1) is 22.3. The van der Waals surface area contributed by atoms with Gasteiger partial charge in [0, 0.05) is 11.6 Å². The second-order valence-electron chi connectivity index (χ2n) is 8.02. The third-order valence-corrected chi connectivity index (χ3v) is 5.15. The fourth-order valence-corrected chi connectivity index (χ4v) is 3.23. The summed E-state index contributed by atoms with van der Waals surface area (Å²) < 4.78 is 10.1. The molecule has 8 nitrogen and oxygen atoms in total. The Labute approximate surface area is 169 Å². The van der Waals surface area contributed by atoms with Crippen LogP contribution in [0.2, 0.25) is 0 Å². The summed E-state index contributed by atoms with van der Waals surface area (Å²) in [6.07, 6.45) is 1.26. The largest absolute Gasteiger partial charge is 0.465 e. The van der Waals surface area contributed by atoms with Crippen LogP contribution < -0.4 is 0 Å². The van der Waals surface area contributed by atoms with Gasteiger partial charge in [0.05, 0.1) is 22.7 Å². The number of ether oxygens (including phenoxy) is 2. The number of carbonyl (C=O) groups is 3. The van der Waals surface area contributed by atoms with Crippen molar-refractivity contribution in [2.45, 2.75) is 52.4 Å². The number of hydrogen-bond donors (Lipinski definition) is 0. The lowest BCUT2D eigenvalue weighted by Gasteiger charge is -2.39. The minimum Gasteiger partial charge on any atom is -0.465 e. The van der Waals surface area contributed by atoms with Gasteiger partial charge < -0.3 is 9.47 Å². The average molecular weight is 403 g/mol. The van der Waals surface area contributed by atoms with E-state index in [1.807, 2.05) is 0 Å².